The Balaban J connectivity index is 1.56. The van der Waals surface area contributed by atoms with Crippen molar-refractivity contribution in [2.24, 2.45) is 0 Å². The van der Waals surface area contributed by atoms with E-state index < -0.39 is 5.54 Å². The maximum absolute atomic E-state index is 12.7. The van der Waals surface area contributed by atoms with Crippen molar-refractivity contribution in [3.05, 3.63) is 12.7 Å². The van der Waals surface area contributed by atoms with E-state index in [2.05, 4.69) is 26.4 Å². The first-order valence-corrected chi connectivity index (χ1v) is 9.03. The normalized spacial score (nSPS) is 25.0. The van der Waals surface area contributed by atoms with Gasteiger partial charge in [-0.2, -0.15) is 10.4 Å². The fourth-order valence-electron chi connectivity index (χ4n) is 3.67. The third-order valence-corrected chi connectivity index (χ3v) is 5.24. The van der Waals surface area contributed by atoms with Crippen LogP contribution in [-0.4, -0.2) is 63.0 Å². The van der Waals surface area contributed by atoms with Gasteiger partial charge in [-0.15, -0.1) is 0 Å². The third-order valence-electron chi connectivity index (χ3n) is 5.24. The number of morpholine rings is 1. The van der Waals surface area contributed by atoms with Crippen molar-refractivity contribution in [1.82, 2.24) is 25.0 Å². The van der Waals surface area contributed by atoms with Gasteiger partial charge in [0.15, 0.2) is 0 Å². The topological polar surface area (TPSA) is 96.1 Å². The Morgan fingerprint density at radius 1 is 1.48 bits per heavy atom. The number of ether oxygens (including phenoxy) is 1. The minimum atomic E-state index is -0.685. The quantitative estimate of drug-likeness (QED) is 0.843. The van der Waals surface area contributed by atoms with E-state index in [0.717, 1.165) is 32.1 Å². The predicted octanol–water partition coefficient (Wildman–Crippen LogP) is 0.710. The zero-order valence-corrected chi connectivity index (χ0v) is 14.7. The zero-order chi connectivity index (χ0) is 17.7. The largest absolute Gasteiger partial charge is 0.374 e. The lowest BCUT2D eigenvalue weighted by atomic mass is 9.82. The summed E-state index contributed by atoms with van der Waals surface area (Å²) in [6.45, 7) is 4.48. The molecule has 1 aromatic heterocycles. The molecule has 3 rings (SSSR count). The number of carbonyl (C=O) groups excluding carboxylic acids is 1. The van der Waals surface area contributed by atoms with Crippen molar-refractivity contribution in [1.29, 1.82) is 5.26 Å². The highest BCUT2D eigenvalue weighted by molar-refractivity contribution is 5.82. The number of nitrogens with zero attached hydrogens (tertiary/aromatic N) is 5. The van der Waals surface area contributed by atoms with E-state index in [1.165, 1.54) is 6.33 Å². The Bertz CT molecular complexity index is 605. The molecule has 1 aliphatic heterocycles. The molecule has 2 aliphatic rings. The summed E-state index contributed by atoms with van der Waals surface area (Å²) in [5.41, 5.74) is -0.685. The van der Waals surface area contributed by atoms with Crippen LogP contribution in [-0.2, 0) is 16.1 Å². The van der Waals surface area contributed by atoms with Crippen LogP contribution in [0.5, 0.6) is 0 Å². The number of nitriles is 1. The summed E-state index contributed by atoms with van der Waals surface area (Å²) in [7, 11) is 0. The standard InChI is InChI=1S/C17H26N6O2/c1-14(16(24)21-17(11-18)5-3-2-4-6-17)22-7-8-25-15(9-22)10-23-13-19-12-20-23/h12-15H,2-10H2,1H3,(H,21,24)/t14-,15-/m1/s1. The molecule has 0 bridgehead atoms. The van der Waals surface area contributed by atoms with Crippen LogP contribution in [0.2, 0.25) is 0 Å². The molecule has 25 heavy (non-hydrogen) atoms. The highest BCUT2D eigenvalue weighted by atomic mass is 16.5. The molecule has 1 saturated heterocycles. The van der Waals surface area contributed by atoms with Gasteiger partial charge in [0, 0.05) is 13.1 Å². The first-order chi connectivity index (χ1) is 12.1. The van der Waals surface area contributed by atoms with Crippen LogP contribution in [0.1, 0.15) is 39.0 Å². The number of hydrogen-bond donors (Lipinski definition) is 1. The van der Waals surface area contributed by atoms with Crippen LogP contribution >= 0.6 is 0 Å². The number of hydrogen-bond acceptors (Lipinski definition) is 6. The average Bonchev–Trinajstić information content (AvgIpc) is 3.15. The molecular weight excluding hydrogens is 320 g/mol. The molecule has 2 heterocycles. The summed E-state index contributed by atoms with van der Waals surface area (Å²) in [5, 5.41) is 16.7. The van der Waals surface area contributed by atoms with Crippen molar-refractivity contribution < 1.29 is 9.53 Å². The number of aromatic nitrogens is 3. The van der Waals surface area contributed by atoms with Gasteiger partial charge in [0.1, 0.15) is 18.2 Å². The number of nitrogens with one attached hydrogen (secondary N) is 1. The molecule has 0 radical (unpaired) electrons. The monoisotopic (exact) mass is 346 g/mol. The van der Waals surface area contributed by atoms with Crippen molar-refractivity contribution in [2.45, 2.75) is 63.3 Å². The SMILES string of the molecule is C[C@H](C(=O)NC1(C#N)CCCCC1)N1CCO[C@@H](Cn2cncn2)C1. The van der Waals surface area contributed by atoms with Crippen molar-refractivity contribution in [2.75, 3.05) is 19.7 Å². The Morgan fingerprint density at radius 2 is 2.28 bits per heavy atom. The summed E-state index contributed by atoms with van der Waals surface area (Å²) in [5.74, 6) is -0.0649. The molecule has 2 atom stereocenters. The maximum Gasteiger partial charge on any atom is 0.238 e. The van der Waals surface area contributed by atoms with Gasteiger partial charge in [0.2, 0.25) is 5.91 Å². The number of carbonyl (C=O) groups is 1. The molecule has 1 saturated carbocycles. The lowest BCUT2D eigenvalue weighted by molar-refractivity contribution is -0.131. The number of rotatable bonds is 5. The van der Waals surface area contributed by atoms with Crippen molar-refractivity contribution in [3.8, 4) is 6.07 Å². The molecule has 136 valence electrons. The van der Waals surface area contributed by atoms with Crippen LogP contribution in [0.15, 0.2) is 12.7 Å². The second kappa shape index (κ2) is 7.93. The molecule has 8 nitrogen and oxygen atoms in total. The van der Waals surface area contributed by atoms with Crippen LogP contribution in [0.4, 0.5) is 0 Å². The van der Waals surface area contributed by atoms with Crippen LogP contribution in [0.25, 0.3) is 0 Å². The van der Waals surface area contributed by atoms with E-state index in [0.29, 0.717) is 26.2 Å². The molecule has 0 unspecified atom stereocenters. The fraction of sp³-hybridized carbons (Fsp3) is 0.765. The fourth-order valence-corrected chi connectivity index (χ4v) is 3.67. The minimum absolute atomic E-state index is 0.0229. The predicted molar refractivity (Wildman–Crippen MR) is 90.4 cm³/mol. The van der Waals surface area contributed by atoms with E-state index in [1.54, 1.807) is 11.0 Å². The Hall–Kier alpha value is -1.98. The molecule has 0 aromatic carbocycles. The number of amides is 1. The van der Waals surface area contributed by atoms with Crippen LogP contribution < -0.4 is 5.32 Å². The van der Waals surface area contributed by atoms with E-state index in [1.807, 2.05) is 6.92 Å². The van der Waals surface area contributed by atoms with Gasteiger partial charge in [-0.25, -0.2) is 4.98 Å². The molecule has 1 amide bonds. The molecule has 1 aliphatic carbocycles. The highest BCUT2D eigenvalue weighted by Gasteiger charge is 2.36. The molecule has 1 aromatic rings. The lowest BCUT2D eigenvalue weighted by Crippen LogP contribution is -2.57. The molecule has 2 fully saturated rings. The summed E-state index contributed by atoms with van der Waals surface area (Å²) >= 11 is 0. The van der Waals surface area contributed by atoms with Gasteiger partial charge in [0.05, 0.1) is 31.4 Å². The molecule has 0 spiro atoms. The van der Waals surface area contributed by atoms with Crippen LogP contribution in [0, 0.1) is 11.3 Å². The molecule has 8 heteroatoms. The second-order valence-electron chi connectivity index (χ2n) is 7.03. The zero-order valence-electron chi connectivity index (χ0n) is 14.7. The third kappa shape index (κ3) is 4.35. The summed E-state index contributed by atoms with van der Waals surface area (Å²) in [6.07, 6.45) is 7.78. The van der Waals surface area contributed by atoms with Gasteiger partial charge in [-0.1, -0.05) is 19.3 Å². The summed E-state index contributed by atoms with van der Waals surface area (Å²) in [4.78, 5) is 18.8. The summed E-state index contributed by atoms with van der Waals surface area (Å²) < 4.78 is 7.53. The Labute approximate surface area is 148 Å². The summed E-state index contributed by atoms with van der Waals surface area (Å²) in [6, 6.07) is 2.07. The smallest absolute Gasteiger partial charge is 0.238 e. The van der Waals surface area contributed by atoms with E-state index in [4.69, 9.17) is 4.74 Å². The highest BCUT2D eigenvalue weighted by Crippen LogP contribution is 2.27. The maximum atomic E-state index is 12.7. The van der Waals surface area contributed by atoms with Gasteiger partial charge >= 0.3 is 0 Å². The van der Waals surface area contributed by atoms with Gasteiger partial charge in [-0.3, -0.25) is 14.4 Å². The van der Waals surface area contributed by atoms with Crippen LogP contribution in [0.3, 0.4) is 0 Å². The van der Waals surface area contributed by atoms with Gasteiger partial charge < -0.3 is 10.1 Å². The van der Waals surface area contributed by atoms with Crippen molar-refractivity contribution >= 4 is 5.91 Å². The lowest BCUT2D eigenvalue weighted by Gasteiger charge is -2.38. The first-order valence-electron chi connectivity index (χ1n) is 9.03. The minimum Gasteiger partial charge on any atom is -0.374 e. The van der Waals surface area contributed by atoms with Gasteiger partial charge in [-0.05, 0) is 19.8 Å². The van der Waals surface area contributed by atoms with Gasteiger partial charge in [0.25, 0.3) is 0 Å². The Kier molecular flexibility index (Phi) is 5.66. The average molecular weight is 346 g/mol. The van der Waals surface area contributed by atoms with Crippen molar-refractivity contribution in [3.63, 3.8) is 0 Å². The van der Waals surface area contributed by atoms with E-state index in [-0.39, 0.29) is 18.1 Å². The first kappa shape index (κ1) is 17.8. The molecule has 1 N–H and O–H groups in total. The Morgan fingerprint density at radius 3 is 2.96 bits per heavy atom. The van der Waals surface area contributed by atoms with E-state index in [9.17, 15) is 10.1 Å². The van der Waals surface area contributed by atoms with E-state index >= 15 is 0 Å². The molecular formula is C17H26N6O2. The second-order valence-corrected chi connectivity index (χ2v) is 7.03.